The largest absolute Gasteiger partial charge is 0.373 e. The average Bonchev–Trinajstić information content (AvgIpc) is 2.47. The topological polar surface area (TPSA) is 37.4 Å². The standard InChI is InChI=1S/C15H18ClN3O/c1-17-9-12-10-19(6-7-20-12)15-4-5-18-14-8-11(16)2-3-13(14)15/h2-5,8,12,17H,6-7,9-10H2,1H3. The van der Waals surface area contributed by atoms with Crippen LogP contribution in [0, 0.1) is 0 Å². The predicted molar refractivity (Wildman–Crippen MR) is 82.6 cm³/mol. The van der Waals surface area contributed by atoms with Crippen LogP contribution >= 0.6 is 11.6 Å². The first-order valence-electron chi connectivity index (χ1n) is 6.83. The molecule has 2 aromatic rings. The Kier molecular flexibility index (Phi) is 4.05. The van der Waals surface area contributed by atoms with Gasteiger partial charge < -0.3 is 15.0 Å². The number of hydrogen-bond donors (Lipinski definition) is 1. The first-order chi connectivity index (χ1) is 9.78. The van der Waals surface area contributed by atoms with Gasteiger partial charge in [0.25, 0.3) is 0 Å². The Hall–Kier alpha value is -1.36. The van der Waals surface area contributed by atoms with Crippen molar-refractivity contribution in [1.29, 1.82) is 0 Å². The zero-order valence-corrected chi connectivity index (χ0v) is 12.2. The van der Waals surface area contributed by atoms with Crippen LogP contribution in [-0.2, 0) is 4.74 Å². The molecule has 3 rings (SSSR count). The van der Waals surface area contributed by atoms with Gasteiger partial charge in [0.1, 0.15) is 0 Å². The van der Waals surface area contributed by atoms with Crippen molar-refractivity contribution < 1.29 is 4.74 Å². The van der Waals surface area contributed by atoms with Crippen LogP contribution in [0.5, 0.6) is 0 Å². The second kappa shape index (κ2) is 5.95. The van der Waals surface area contributed by atoms with Crippen molar-refractivity contribution in [1.82, 2.24) is 10.3 Å². The van der Waals surface area contributed by atoms with E-state index in [2.05, 4.69) is 21.3 Å². The number of nitrogens with one attached hydrogen (secondary N) is 1. The normalized spacial score (nSPS) is 19.5. The molecule has 1 aromatic carbocycles. The summed E-state index contributed by atoms with van der Waals surface area (Å²) in [7, 11) is 1.95. The molecular formula is C15H18ClN3O. The number of anilines is 1. The van der Waals surface area contributed by atoms with Gasteiger partial charge in [0.15, 0.2) is 0 Å². The van der Waals surface area contributed by atoms with Crippen LogP contribution in [0.1, 0.15) is 0 Å². The summed E-state index contributed by atoms with van der Waals surface area (Å²) < 4.78 is 5.76. The van der Waals surface area contributed by atoms with Crippen molar-refractivity contribution in [3.05, 3.63) is 35.5 Å². The average molecular weight is 292 g/mol. The van der Waals surface area contributed by atoms with Gasteiger partial charge in [-0.1, -0.05) is 11.6 Å². The Morgan fingerprint density at radius 1 is 1.45 bits per heavy atom. The van der Waals surface area contributed by atoms with Gasteiger partial charge in [0.2, 0.25) is 0 Å². The fourth-order valence-electron chi connectivity index (χ4n) is 2.67. The maximum Gasteiger partial charge on any atom is 0.0874 e. The molecule has 106 valence electrons. The molecule has 0 aliphatic carbocycles. The molecular weight excluding hydrogens is 274 g/mol. The number of pyridine rings is 1. The number of benzene rings is 1. The van der Waals surface area contributed by atoms with Crippen molar-refractivity contribution >= 4 is 28.2 Å². The molecule has 5 heteroatoms. The van der Waals surface area contributed by atoms with Crippen LogP contribution in [0.15, 0.2) is 30.5 Å². The summed E-state index contributed by atoms with van der Waals surface area (Å²) in [6.45, 7) is 3.42. The third-order valence-electron chi connectivity index (χ3n) is 3.59. The van der Waals surface area contributed by atoms with E-state index in [1.165, 1.54) is 5.69 Å². The Labute approximate surface area is 123 Å². The summed E-state index contributed by atoms with van der Waals surface area (Å²) in [5.41, 5.74) is 2.14. The van der Waals surface area contributed by atoms with Crippen LogP contribution < -0.4 is 10.2 Å². The summed E-state index contributed by atoms with van der Waals surface area (Å²) in [5.74, 6) is 0. The number of aromatic nitrogens is 1. The molecule has 0 bridgehead atoms. The highest BCUT2D eigenvalue weighted by molar-refractivity contribution is 6.31. The van der Waals surface area contributed by atoms with Crippen molar-refractivity contribution in [3.63, 3.8) is 0 Å². The summed E-state index contributed by atoms with van der Waals surface area (Å²) in [6, 6.07) is 7.94. The maximum absolute atomic E-state index is 6.04. The fraction of sp³-hybridized carbons (Fsp3) is 0.400. The maximum atomic E-state index is 6.04. The highest BCUT2D eigenvalue weighted by atomic mass is 35.5. The molecule has 1 N–H and O–H groups in total. The van der Waals surface area contributed by atoms with E-state index in [1.54, 1.807) is 0 Å². The first-order valence-corrected chi connectivity index (χ1v) is 7.21. The lowest BCUT2D eigenvalue weighted by Gasteiger charge is -2.35. The minimum absolute atomic E-state index is 0.226. The summed E-state index contributed by atoms with van der Waals surface area (Å²) >= 11 is 6.04. The highest BCUT2D eigenvalue weighted by Crippen LogP contribution is 2.28. The van der Waals surface area contributed by atoms with Crippen molar-refractivity contribution in [2.45, 2.75) is 6.10 Å². The third-order valence-corrected chi connectivity index (χ3v) is 3.83. The van der Waals surface area contributed by atoms with E-state index in [9.17, 15) is 0 Å². The van der Waals surface area contributed by atoms with Crippen LogP contribution in [0.2, 0.25) is 5.02 Å². The molecule has 2 heterocycles. The van der Waals surface area contributed by atoms with Gasteiger partial charge in [-0.2, -0.15) is 0 Å². The van der Waals surface area contributed by atoms with E-state index in [4.69, 9.17) is 16.3 Å². The number of likely N-dealkylation sites (N-methyl/N-ethyl adjacent to an activating group) is 1. The zero-order valence-electron chi connectivity index (χ0n) is 11.5. The van der Waals surface area contributed by atoms with E-state index in [-0.39, 0.29) is 6.10 Å². The lowest BCUT2D eigenvalue weighted by Crippen LogP contribution is -2.46. The smallest absolute Gasteiger partial charge is 0.0874 e. The monoisotopic (exact) mass is 291 g/mol. The molecule has 1 fully saturated rings. The number of rotatable bonds is 3. The highest BCUT2D eigenvalue weighted by Gasteiger charge is 2.21. The molecule has 0 amide bonds. The van der Waals surface area contributed by atoms with Crippen molar-refractivity contribution in [3.8, 4) is 0 Å². The Morgan fingerprint density at radius 2 is 2.35 bits per heavy atom. The number of ether oxygens (including phenoxy) is 1. The first kappa shape index (κ1) is 13.6. The summed E-state index contributed by atoms with van der Waals surface area (Å²) in [6.07, 6.45) is 2.07. The van der Waals surface area contributed by atoms with Gasteiger partial charge in [-0.15, -0.1) is 0 Å². The van der Waals surface area contributed by atoms with Crippen molar-refractivity contribution in [2.24, 2.45) is 0 Å². The van der Waals surface area contributed by atoms with Crippen LogP contribution in [0.4, 0.5) is 5.69 Å². The quantitative estimate of drug-likeness (QED) is 0.942. The lowest BCUT2D eigenvalue weighted by molar-refractivity contribution is 0.0422. The fourth-order valence-corrected chi connectivity index (χ4v) is 2.84. The Bertz CT molecular complexity index is 603. The number of morpholine rings is 1. The SMILES string of the molecule is CNCC1CN(c2ccnc3cc(Cl)ccc23)CCO1. The molecule has 20 heavy (non-hydrogen) atoms. The third kappa shape index (κ3) is 2.73. The lowest BCUT2D eigenvalue weighted by atomic mass is 10.1. The van der Waals surface area contributed by atoms with Gasteiger partial charge in [-0.05, 0) is 31.3 Å². The molecule has 1 saturated heterocycles. The Morgan fingerprint density at radius 3 is 3.20 bits per heavy atom. The van der Waals surface area contributed by atoms with Crippen LogP contribution in [-0.4, -0.2) is 44.4 Å². The molecule has 4 nitrogen and oxygen atoms in total. The predicted octanol–water partition coefficient (Wildman–Crippen LogP) is 2.31. The molecule has 1 atom stereocenters. The van der Waals surface area contributed by atoms with E-state index in [0.717, 1.165) is 42.2 Å². The van der Waals surface area contributed by atoms with E-state index in [0.29, 0.717) is 0 Å². The minimum Gasteiger partial charge on any atom is -0.373 e. The molecule has 1 aromatic heterocycles. The zero-order chi connectivity index (χ0) is 13.9. The van der Waals surface area contributed by atoms with Gasteiger partial charge in [-0.3, -0.25) is 4.98 Å². The molecule has 0 spiro atoms. The van der Waals surface area contributed by atoms with E-state index < -0.39 is 0 Å². The summed E-state index contributed by atoms with van der Waals surface area (Å²) in [5, 5.41) is 5.03. The summed E-state index contributed by atoms with van der Waals surface area (Å²) in [4.78, 5) is 6.76. The van der Waals surface area contributed by atoms with E-state index >= 15 is 0 Å². The second-order valence-corrected chi connectivity index (χ2v) is 5.42. The molecule has 1 aliphatic heterocycles. The minimum atomic E-state index is 0.226. The van der Waals surface area contributed by atoms with Gasteiger partial charge in [0, 0.05) is 41.9 Å². The molecule has 0 saturated carbocycles. The number of halogens is 1. The number of fused-ring (bicyclic) bond motifs is 1. The molecule has 0 radical (unpaired) electrons. The number of hydrogen-bond acceptors (Lipinski definition) is 4. The van der Waals surface area contributed by atoms with Crippen LogP contribution in [0.3, 0.4) is 0 Å². The number of nitrogens with zero attached hydrogens (tertiary/aromatic N) is 2. The van der Waals surface area contributed by atoms with Crippen LogP contribution in [0.25, 0.3) is 10.9 Å². The van der Waals surface area contributed by atoms with Gasteiger partial charge in [-0.25, -0.2) is 0 Å². The Balaban J connectivity index is 1.93. The van der Waals surface area contributed by atoms with E-state index in [1.807, 2.05) is 31.4 Å². The molecule has 1 aliphatic rings. The van der Waals surface area contributed by atoms with Crippen molar-refractivity contribution in [2.75, 3.05) is 38.2 Å². The van der Waals surface area contributed by atoms with Gasteiger partial charge in [0.05, 0.1) is 18.2 Å². The van der Waals surface area contributed by atoms with Gasteiger partial charge >= 0.3 is 0 Å². The molecule has 1 unspecified atom stereocenters. The second-order valence-electron chi connectivity index (χ2n) is 4.99.